The van der Waals surface area contributed by atoms with Crippen molar-refractivity contribution in [2.24, 2.45) is 0 Å². The fourth-order valence-corrected chi connectivity index (χ4v) is 1.89. The molecule has 3 amide bonds. The summed E-state index contributed by atoms with van der Waals surface area (Å²) in [5.74, 6) is -0.174. The third kappa shape index (κ3) is 5.67. The number of para-hydroxylation sites is 1. The summed E-state index contributed by atoms with van der Waals surface area (Å²) < 4.78 is 0. The number of rotatable bonds is 4. The van der Waals surface area contributed by atoms with Gasteiger partial charge < -0.3 is 16.0 Å². The molecular formula is C18H19N3O2. The van der Waals surface area contributed by atoms with Crippen molar-refractivity contribution < 1.29 is 9.59 Å². The Morgan fingerprint density at radius 1 is 0.739 bits per heavy atom. The van der Waals surface area contributed by atoms with Crippen molar-refractivity contribution in [1.82, 2.24) is 0 Å². The highest BCUT2D eigenvalue weighted by molar-refractivity contribution is 6.01. The predicted octanol–water partition coefficient (Wildman–Crippen LogP) is 4.24. The van der Waals surface area contributed by atoms with E-state index in [0.717, 1.165) is 11.3 Å². The molecular weight excluding hydrogens is 290 g/mol. The predicted molar refractivity (Wildman–Crippen MR) is 93.6 cm³/mol. The first-order valence-corrected chi connectivity index (χ1v) is 7.22. The Balaban J connectivity index is 1.91. The molecule has 23 heavy (non-hydrogen) atoms. The van der Waals surface area contributed by atoms with Crippen molar-refractivity contribution >= 4 is 29.0 Å². The summed E-state index contributed by atoms with van der Waals surface area (Å²) in [6.07, 6.45) is 1.53. The first-order chi connectivity index (χ1) is 11.0. The highest BCUT2D eigenvalue weighted by Gasteiger charge is 2.03. The fraction of sp³-hybridized carbons (Fsp3) is 0.111. The van der Waals surface area contributed by atoms with Gasteiger partial charge in [0, 0.05) is 23.1 Å². The molecule has 3 N–H and O–H groups in total. The number of nitrogens with one attached hydrogen (secondary N) is 3. The van der Waals surface area contributed by atoms with Gasteiger partial charge in [-0.2, -0.15) is 0 Å². The summed E-state index contributed by atoms with van der Waals surface area (Å²) in [6.45, 7) is 3.72. The Morgan fingerprint density at radius 2 is 1.22 bits per heavy atom. The lowest BCUT2D eigenvalue weighted by Gasteiger charge is -2.08. The Bertz CT molecular complexity index is 703. The van der Waals surface area contributed by atoms with Crippen LogP contribution in [0, 0.1) is 0 Å². The van der Waals surface area contributed by atoms with Crippen LogP contribution in [0.25, 0.3) is 0 Å². The standard InChI is InChI=1S/C18H19N3O2/c1-13(2)12-17(22)19-15-8-10-16(11-9-15)21-18(23)20-14-6-4-3-5-7-14/h3-12H,1-2H3,(H,19,22)(H2,20,21,23). The highest BCUT2D eigenvalue weighted by atomic mass is 16.2. The molecule has 0 aliphatic carbocycles. The van der Waals surface area contributed by atoms with Gasteiger partial charge in [-0.15, -0.1) is 0 Å². The van der Waals surface area contributed by atoms with Gasteiger partial charge in [-0.3, -0.25) is 4.79 Å². The smallest absolute Gasteiger partial charge is 0.323 e. The molecule has 5 nitrogen and oxygen atoms in total. The summed E-state index contributed by atoms with van der Waals surface area (Å²) in [6, 6.07) is 15.8. The lowest BCUT2D eigenvalue weighted by molar-refractivity contribution is -0.111. The van der Waals surface area contributed by atoms with Crippen LogP contribution in [0.15, 0.2) is 66.2 Å². The van der Waals surface area contributed by atoms with Crippen LogP contribution in [0.1, 0.15) is 13.8 Å². The van der Waals surface area contributed by atoms with Crippen molar-refractivity contribution in [1.29, 1.82) is 0 Å². The molecule has 0 saturated carbocycles. The number of hydrogen-bond donors (Lipinski definition) is 3. The quantitative estimate of drug-likeness (QED) is 0.739. The van der Waals surface area contributed by atoms with Gasteiger partial charge in [-0.05, 0) is 50.2 Å². The molecule has 0 heterocycles. The molecule has 0 unspecified atom stereocenters. The minimum absolute atomic E-state index is 0.174. The van der Waals surface area contributed by atoms with Gasteiger partial charge in [-0.1, -0.05) is 23.8 Å². The van der Waals surface area contributed by atoms with Gasteiger partial charge in [0.25, 0.3) is 0 Å². The van der Waals surface area contributed by atoms with Gasteiger partial charge in [0.2, 0.25) is 5.91 Å². The van der Waals surface area contributed by atoms with E-state index in [1.165, 1.54) is 6.08 Å². The molecule has 118 valence electrons. The summed E-state index contributed by atoms with van der Waals surface area (Å²) in [7, 11) is 0. The molecule has 5 heteroatoms. The highest BCUT2D eigenvalue weighted by Crippen LogP contribution is 2.14. The minimum Gasteiger partial charge on any atom is -0.323 e. The van der Waals surface area contributed by atoms with Gasteiger partial charge in [0.1, 0.15) is 0 Å². The molecule has 0 radical (unpaired) electrons. The summed E-state index contributed by atoms with van der Waals surface area (Å²) in [5, 5.41) is 8.21. The molecule has 2 aromatic carbocycles. The van der Waals surface area contributed by atoms with Crippen molar-refractivity contribution in [2.75, 3.05) is 16.0 Å². The second-order valence-corrected chi connectivity index (χ2v) is 5.23. The van der Waals surface area contributed by atoms with Crippen LogP contribution < -0.4 is 16.0 Å². The average Bonchev–Trinajstić information content (AvgIpc) is 2.49. The van der Waals surface area contributed by atoms with Crippen LogP contribution in [-0.4, -0.2) is 11.9 Å². The molecule has 0 bridgehead atoms. The zero-order valence-corrected chi connectivity index (χ0v) is 13.1. The molecule has 0 aromatic heterocycles. The van der Waals surface area contributed by atoms with Crippen LogP contribution in [0.2, 0.25) is 0 Å². The molecule has 0 aliphatic heterocycles. The van der Waals surface area contributed by atoms with E-state index in [1.807, 2.05) is 32.0 Å². The molecule has 2 rings (SSSR count). The lowest BCUT2D eigenvalue weighted by atomic mass is 10.2. The second kappa shape index (κ2) is 7.79. The van der Waals surface area contributed by atoms with E-state index in [1.54, 1.807) is 36.4 Å². The molecule has 0 fully saturated rings. The number of carbonyl (C=O) groups is 2. The Labute approximate surface area is 135 Å². The third-order valence-corrected chi connectivity index (χ3v) is 2.86. The van der Waals surface area contributed by atoms with E-state index < -0.39 is 0 Å². The minimum atomic E-state index is -0.322. The van der Waals surface area contributed by atoms with Gasteiger partial charge in [0.15, 0.2) is 0 Å². The van der Waals surface area contributed by atoms with Crippen LogP contribution in [0.4, 0.5) is 21.9 Å². The van der Waals surface area contributed by atoms with E-state index in [2.05, 4.69) is 16.0 Å². The number of amides is 3. The van der Waals surface area contributed by atoms with E-state index in [0.29, 0.717) is 11.4 Å². The second-order valence-electron chi connectivity index (χ2n) is 5.23. The van der Waals surface area contributed by atoms with Gasteiger partial charge >= 0.3 is 6.03 Å². The first-order valence-electron chi connectivity index (χ1n) is 7.22. The van der Waals surface area contributed by atoms with E-state index in [4.69, 9.17) is 0 Å². The van der Waals surface area contributed by atoms with Crippen molar-refractivity contribution in [3.63, 3.8) is 0 Å². The van der Waals surface area contributed by atoms with Gasteiger partial charge in [-0.25, -0.2) is 4.79 Å². The Hall–Kier alpha value is -3.08. The third-order valence-electron chi connectivity index (χ3n) is 2.86. The largest absolute Gasteiger partial charge is 0.323 e. The van der Waals surface area contributed by atoms with Crippen molar-refractivity contribution in [2.45, 2.75) is 13.8 Å². The van der Waals surface area contributed by atoms with Gasteiger partial charge in [0.05, 0.1) is 0 Å². The zero-order valence-electron chi connectivity index (χ0n) is 13.1. The molecule has 0 aliphatic rings. The number of urea groups is 1. The number of allylic oxidation sites excluding steroid dienone is 1. The van der Waals surface area contributed by atoms with Crippen LogP contribution in [0.3, 0.4) is 0 Å². The molecule has 0 spiro atoms. The van der Waals surface area contributed by atoms with Crippen molar-refractivity contribution in [3.8, 4) is 0 Å². The summed E-state index contributed by atoms with van der Waals surface area (Å²) in [5.41, 5.74) is 2.95. The molecule has 0 atom stereocenters. The van der Waals surface area contributed by atoms with Crippen LogP contribution >= 0.6 is 0 Å². The van der Waals surface area contributed by atoms with Crippen LogP contribution in [-0.2, 0) is 4.79 Å². The van der Waals surface area contributed by atoms with Crippen LogP contribution in [0.5, 0.6) is 0 Å². The van der Waals surface area contributed by atoms with E-state index in [9.17, 15) is 9.59 Å². The number of benzene rings is 2. The number of carbonyl (C=O) groups excluding carboxylic acids is 2. The molecule has 0 saturated heterocycles. The maximum atomic E-state index is 11.9. The SMILES string of the molecule is CC(C)=CC(=O)Nc1ccc(NC(=O)Nc2ccccc2)cc1. The normalized spacial score (nSPS) is 9.65. The maximum absolute atomic E-state index is 11.9. The van der Waals surface area contributed by atoms with E-state index in [-0.39, 0.29) is 11.9 Å². The zero-order chi connectivity index (χ0) is 16.7. The maximum Gasteiger partial charge on any atom is 0.323 e. The first kappa shape index (κ1) is 16.3. The summed E-state index contributed by atoms with van der Waals surface area (Å²) in [4.78, 5) is 23.5. The fourth-order valence-electron chi connectivity index (χ4n) is 1.89. The van der Waals surface area contributed by atoms with E-state index >= 15 is 0 Å². The Morgan fingerprint density at radius 3 is 1.74 bits per heavy atom. The monoisotopic (exact) mass is 309 g/mol. The Kier molecular flexibility index (Phi) is 5.52. The van der Waals surface area contributed by atoms with Crippen molar-refractivity contribution in [3.05, 3.63) is 66.2 Å². The molecule has 2 aromatic rings. The average molecular weight is 309 g/mol. The number of anilines is 3. The summed E-state index contributed by atoms with van der Waals surface area (Å²) >= 11 is 0. The topological polar surface area (TPSA) is 70.2 Å². The number of hydrogen-bond acceptors (Lipinski definition) is 2. The lowest BCUT2D eigenvalue weighted by Crippen LogP contribution is -2.19.